The fraction of sp³-hybridized carbons (Fsp3) is 0.636. The van der Waals surface area contributed by atoms with Gasteiger partial charge in [-0.05, 0) is 67.7 Å². The maximum Gasteiger partial charge on any atom is 0.243 e. The van der Waals surface area contributed by atoms with E-state index >= 15 is 0 Å². The lowest BCUT2D eigenvalue weighted by atomic mass is 9.89. The van der Waals surface area contributed by atoms with Crippen molar-refractivity contribution in [3.05, 3.63) is 30.1 Å². The first-order valence-corrected chi connectivity index (χ1v) is 11.6. The van der Waals surface area contributed by atoms with E-state index in [1.54, 1.807) is 12.1 Å². The van der Waals surface area contributed by atoms with E-state index in [9.17, 15) is 19.1 Å². The lowest BCUT2D eigenvalue weighted by Gasteiger charge is -2.28. The molecule has 0 heterocycles. The van der Waals surface area contributed by atoms with Crippen molar-refractivity contribution >= 4 is 31.3 Å². The van der Waals surface area contributed by atoms with Crippen LogP contribution in [0.1, 0.15) is 46.5 Å². The molecule has 0 spiro atoms. The molecule has 1 aromatic rings. The van der Waals surface area contributed by atoms with Gasteiger partial charge in [-0.3, -0.25) is 9.59 Å². The number of halogens is 1. The van der Waals surface area contributed by atoms with E-state index < -0.39 is 24.0 Å². The van der Waals surface area contributed by atoms with Gasteiger partial charge in [-0.1, -0.05) is 20.8 Å². The largest absolute Gasteiger partial charge is 0.391 e. The van der Waals surface area contributed by atoms with Gasteiger partial charge < -0.3 is 15.7 Å². The second kappa shape index (κ2) is 11.7. The highest BCUT2D eigenvalue weighted by Crippen LogP contribution is 2.38. The average Bonchev–Trinajstić information content (AvgIpc) is 3.00. The normalized spacial score (nSPS) is 24.1. The smallest absolute Gasteiger partial charge is 0.243 e. The fourth-order valence-corrected chi connectivity index (χ4v) is 5.22. The Balaban J connectivity index is 1.95. The SMILES string of the molecule is [B]C(=O)N[C@H](CSc1ccc(F)cc1)C(=O)N[C@@H](CC)[C@H](O)CC1CC(C)CC1C. The van der Waals surface area contributed by atoms with Crippen LogP contribution in [0, 0.1) is 23.6 Å². The molecular weight excluding hydrogens is 402 g/mol. The third kappa shape index (κ3) is 7.62. The Hall–Kier alpha value is -1.54. The van der Waals surface area contributed by atoms with Crippen LogP contribution >= 0.6 is 11.8 Å². The lowest BCUT2D eigenvalue weighted by molar-refractivity contribution is -0.124. The molecule has 0 aromatic heterocycles. The van der Waals surface area contributed by atoms with Gasteiger partial charge in [0.25, 0.3) is 0 Å². The summed E-state index contributed by atoms with van der Waals surface area (Å²) < 4.78 is 13.1. The molecule has 8 heteroatoms. The van der Waals surface area contributed by atoms with Gasteiger partial charge in [0.15, 0.2) is 5.81 Å². The van der Waals surface area contributed by atoms with E-state index in [2.05, 4.69) is 24.5 Å². The van der Waals surface area contributed by atoms with Crippen molar-refractivity contribution in [1.82, 2.24) is 10.6 Å². The van der Waals surface area contributed by atoms with Crippen LogP contribution in [0.5, 0.6) is 0 Å². The van der Waals surface area contributed by atoms with Crippen LogP contribution in [0.15, 0.2) is 29.2 Å². The Morgan fingerprint density at radius 3 is 2.43 bits per heavy atom. The standard InChI is InChI=1S/C22H32BFN2O3S/c1-4-18(20(27)11-15-10-13(2)9-14(15)3)25-21(28)19(26-22(23)29)12-30-17-7-5-16(24)6-8-17/h5-8,13-15,18-20,27H,4,9-12H2,1-3H3,(H,25,28)(H,26,29)/t13?,14?,15?,18-,19+,20+/m0/s1. The summed E-state index contributed by atoms with van der Waals surface area (Å²) >= 11 is 1.32. The minimum absolute atomic E-state index is 0.240. The van der Waals surface area contributed by atoms with Gasteiger partial charge >= 0.3 is 0 Å². The molecule has 164 valence electrons. The average molecular weight is 434 g/mol. The topological polar surface area (TPSA) is 78.4 Å². The molecule has 6 atom stereocenters. The van der Waals surface area contributed by atoms with E-state index in [0.717, 1.165) is 11.3 Å². The lowest BCUT2D eigenvalue weighted by Crippen LogP contribution is -2.53. The van der Waals surface area contributed by atoms with Gasteiger partial charge in [0.05, 0.1) is 12.1 Å². The molecule has 30 heavy (non-hydrogen) atoms. The summed E-state index contributed by atoms with van der Waals surface area (Å²) in [5.74, 6) is 0.409. The maximum atomic E-state index is 13.1. The van der Waals surface area contributed by atoms with Crippen LogP contribution in [0.3, 0.4) is 0 Å². The summed E-state index contributed by atoms with van der Waals surface area (Å²) in [6.07, 6.45) is 2.87. The third-order valence-electron chi connectivity index (χ3n) is 5.92. The predicted octanol–water partition coefficient (Wildman–Crippen LogP) is 3.49. The molecule has 1 aromatic carbocycles. The molecule has 1 aliphatic carbocycles. The second-order valence-electron chi connectivity index (χ2n) is 8.47. The zero-order valence-corrected chi connectivity index (χ0v) is 18.8. The molecule has 1 aliphatic rings. The van der Waals surface area contributed by atoms with Crippen LogP contribution < -0.4 is 10.6 Å². The number of nitrogens with one attached hydrogen (secondary N) is 2. The van der Waals surface area contributed by atoms with Crippen LogP contribution in [-0.4, -0.2) is 48.6 Å². The van der Waals surface area contributed by atoms with E-state index in [-0.39, 0.29) is 17.5 Å². The van der Waals surface area contributed by atoms with E-state index in [1.807, 2.05) is 6.92 Å². The van der Waals surface area contributed by atoms with Crippen LogP contribution in [0.4, 0.5) is 9.18 Å². The summed E-state index contributed by atoms with van der Waals surface area (Å²) in [5, 5.41) is 16.1. The minimum atomic E-state index is -0.857. The first kappa shape index (κ1) is 24.7. The third-order valence-corrected chi connectivity index (χ3v) is 7.03. The number of aliphatic hydroxyl groups is 1. The highest BCUT2D eigenvalue weighted by atomic mass is 32.2. The number of hydrogen-bond acceptors (Lipinski definition) is 4. The maximum absolute atomic E-state index is 13.1. The zero-order chi connectivity index (χ0) is 22.3. The molecule has 3 unspecified atom stereocenters. The van der Waals surface area contributed by atoms with E-state index in [1.165, 1.54) is 30.3 Å². The van der Waals surface area contributed by atoms with Crippen molar-refractivity contribution < 1.29 is 19.1 Å². The molecule has 2 radical (unpaired) electrons. The molecule has 1 fully saturated rings. The zero-order valence-electron chi connectivity index (χ0n) is 17.9. The summed E-state index contributed by atoms with van der Waals surface area (Å²) in [7, 11) is 5.24. The fourth-order valence-electron chi connectivity index (χ4n) is 4.29. The highest BCUT2D eigenvalue weighted by molar-refractivity contribution is 7.99. The molecule has 1 saturated carbocycles. The van der Waals surface area contributed by atoms with Gasteiger partial charge in [0.2, 0.25) is 13.8 Å². The number of benzene rings is 1. The number of rotatable bonds is 10. The number of aliphatic hydroxyl groups excluding tert-OH is 1. The van der Waals surface area contributed by atoms with Crippen LogP contribution in [0.2, 0.25) is 0 Å². The molecule has 0 aliphatic heterocycles. The first-order chi connectivity index (χ1) is 14.2. The Morgan fingerprint density at radius 2 is 1.90 bits per heavy atom. The van der Waals surface area contributed by atoms with Crippen LogP contribution in [-0.2, 0) is 4.79 Å². The molecule has 0 bridgehead atoms. The van der Waals surface area contributed by atoms with Crippen LogP contribution in [0.25, 0.3) is 0 Å². The predicted molar refractivity (Wildman–Crippen MR) is 119 cm³/mol. The highest BCUT2D eigenvalue weighted by Gasteiger charge is 2.33. The summed E-state index contributed by atoms with van der Waals surface area (Å²) in [5.41, 5.74) is 0. The molecular formula is C22H32BFN2O3S. The molecule has 2 amide bonds. The Bertz CT molecular complexity index is 706. The Kier molecular flexibility index (Phi) is 9.68. The minimum Gasteiger partial charge on any atom is -0.391 e. The van der Waals surface area contributed by atoms with Gasteiger partial charge in [0, 0.05) is 10.6 Å². The number of thioether (sulfide) groups is 1. The quantitative estimate of drug-likeness (QED) is 0.389. The van der Waals surface area contributed by atoms with E-state index in [4.69, 9.17) is 7.85 Å². The van der Waals surface area contributed by atoms with Gasteiger partial charge in [-0.25, -0.2) is 4.39 Å². The Labute approximate surface area is 184 Å². The first-order valence-electron chi connectivity index (χ1n) is 10.6. The summed E-state index contributed by atoms with van der Waals surface area (Å²) in [4.78, 5) is 25.0. The number of hydrogen-bond donors (Lipinski definition) is 3. The monoisotopic (exact) mass is 434 g/mol. The number of carbonyl (C=O) groups excluding carboxylic acids is 2. The molecule has 0 saturated heterocycles. The number of carbonyl (C=O) groups is 2. The molecule has 2 rings (SSSR count). The Morgan fingerprint density at radius 1 is 1.23 bits per heavy atom. The summed E-state index contributed by atoms with van der Waals surface area (Å²) in [6, 6.07) is 4.65. The van der Waals surface area contributed by atoms with Crippen molar-refractivity contribution in [2.24, 2.45) is 17.8 Å². The molecule has 5 nitrogen and oxygen atoms in total. The van der Waals surface area contributed by atoms with Gasteiger partial charge in [-0.2, -0.15) is 0 Å². The van der Waals surface area contributed by atoms with Crippen molar-refractivity contribution in [3.8, 4) is 0 Å². The molecule has 3 N–H and O–H groups in total. The van der Waals surface area contributed by atoms with Crippen molar-refractivity contribution in [2.45, 2.75) is 69.5 Å². The number of amides is 2. The van der Waals surface area contributed by atoms with Gasteiger partial charge in [0.1, 0.15) is 11.9 Å². The second-order valence-corrected chi connectivity index (χ2v) is 9.56. The summed E-state index contributed by atoms with van der Waals surface area (Å²) in [6.45, 7) is 6.37. The van der Waals surface area contributed by atoms with E-state index in [0.29, 0.717) is 30.6 Å². The van der Waals surface area contributed by atoms with Crippen molar-refractivity contribution in [3.63, 3.8) is 0 Å². The van der Waals surface area contributed by atoms with Crippen molar-refractivity contribution in [2.75, 3.05) is 5.75 Å². The van der Waals surface area contributed by atoms with Crippen molar-refractivity contribution in [1.29, 1.82) is 0 Å². The van der Waals surface area contributed by atoms with Gasteiger partial charge in [-0.15, -0.1) is 11.8 Å².